The molecular formula is C13H11N3O5. The molecule has 0 atom stereocenters. The Morgan fingerprint density at radius 1 is 1.24 bits per heavy atom. The maximum Gasteiger partial charge on any atom is 0.270 e. The number of rotatable bonds is 5. The van der Waals surface area contributed by atoms with Gasteiger partial charge in [0.05, 0.1) is 4.92 Å². The van der Waals surface area contributed by atoms with Gasteiger partial charge in [-0.25, -0.2) is 0 Å². The highest BCUT2D eigenvalue weighted by atomic mass is 16.6. The molecule has 1 aromatic carbocycles. The Morgan fingerprint density at radius 2 is 1.90 bits per heavy atom. The topological polar surface area (TPSA) is 110 Å². The van der Waals surface area contributed by atoms with Gasteiger partial charge in [0, 0.05) is 42.9 Å². The summed E-state index contributed by atoms with van der Waals surface area (Å²) < 4.78 is 0. The molecule has 1 heterocycles. The number of nitrogens with zero attached hydrogens (tertiary/aromatic N) is 2. The van der Waals surface area contributed by atoms with Gasteiger partial charge in [0.25, 0.3) is 23.4 Å². The van der Waals surface area contributed by atoms with Gasteiger partial charge in [-0.05, 0) is 6.07 Å². The number of nitro benzene ring substituents is 1. The van der Waals surface area contributed by atoms with E-state index in [-0.39, 0.29) is 24.3 Å². The highest BCUT2D eigenvalue weighted by Gasteiger charge is 2.22. The fraction of sp³-hybridized carbons (Fsp3) is 0.154. The molecule has 0 unspecified atom stereocenters. The molecule has 21 heavy (non-hydrogen) atoms. The van der Waals surface area contributed by atoms with Crippen LogP contribution in [0.25, 0.3) is 0 Å². The first-order valence-electron chi connectivity index (χ1n) is 6.05. The van der Waals surface area contributed by atoms with Gasteiger partial charge in [-0.2, -0.15) is 0 Å². The number of carbonyl (C=O) groups excluding carboxylic acids is 3. The number of nitrogens with one attached hydrogen (secondary N) is 1. The molecular weight excluding hydrogens is 278 g/mol. The van der Waals surface area contributed by atoms with Gasteiger partial charge in [0.2, 0.25) is 0 Å². The molecule has 0 aliphatic carbocycles. The number of hydrogen-bond donors (Lipinski definition) is 1. The molecule has 1 aliphatic heterocycles. The first-order valence-corrected chi connectivity index (χ1v) is 6.05. The third-order valence-corrected chi connectivity index (χ3v) is 2.84. The zero-order chi connectivity index (χ0) is 15.4. The minimum atomic E-state index is -0.593. The molecule has 0 aromatic heterocycles. The normalized spacial score (nSPS) is 13.6. The van der Waals surface area contributed by atoms with Crippen molar-refractivity contribution in [1.29, 1.82) is 0 Å². The van der Waals surface area contributed by atoms with Gasteiger partial charge in [-0.15, -0.1) is 0 Å². The second kappa shape index (κ2) is 5.95. The second-order valence-electron chi connectivity index (χ2n) is 4.22. The predicted molar refractivity (Wildman–Crippen MR) is 71.3 cm³/mol. The number of nitro groups is 1. The summed E-state index contributed by atoms with van der Waals surface area (Å²) in [5.41, 5.74) is -0.0434. The summed E-state index contributed by atoms with van der Waals surface area (Å²) in [6.07, 6.45) is 2.31. The highest BCUT2D eigenvalue weighted by Crippen LogP contribution is 2.12. The number of non-ortho nitro benzene ring substituents is 1. The van der Waals surface area contributed by atoms with E-state index in [1.807, 2.05) is 0 Å². The van der Waals surface area contributed by atoms with Crippen LogP contribution in [0.4, 0.5) is 5.69 Å². The van der Waals surface area contributed by atoms with Crippen LogP contribution in [0.3, 0.4) is 0 Å². The standard InChI is InChI=1S/C13H11N3O5/c17-11-4-5-12(18)15(11)7-6-14-13(19)9-2-1-3-10(8-9)16(20)21/h1-5,8H,6-7H2,(H,14,19). The minimum absolute atomic E-state index is 0.0470. The van der Waals surface area contributed by atoms with E-state index < -0.39 is 22.6 Å². The van der Waals surface area contributed by atoms with Crippen LogP contribution >= 0.6 is 0 Å². The predicted octanol–water partition coefficient (Wildman–Crippen LogP) is 0.250. The summed E-state index contributed by atoms with van der Waals surface area (Å²) in [7, 11) is 0. The molecule has 2 rings (SSSR count). The van der Waals surface area contributed by atoms with Crippen molar-refractivity contribution in [3.05, 3.63) is 52.1 Å². The van der Waals surface area contributed by atoms with Crippen LogP contribution in [-0.4, -0.2) is 40.6 Å². The first kappa shape index (κ1) is 14.4. The lowest BCUT2D eigenvalue weighted by Crippen LogP contribution is -2.38. The van der Waals surface area contributed by atoms with Crippen molar-refractivity contribution in [3.63, 3.8) is 0 Å². The Labute approximate surface area is 119 Å². The average molecular weight is 289 g/mol. The summed E-state index contributed by atoms with van der Waals surface area (Å²) in [5, 5.41) is 13.1. The van der Waals surface area contributed by atoms with Crippen LogP contribution in [0.5, 0.6) is 0 Å². The van der Waals surface area contributed by atoms with Crippen LogP contribution in [0.1, 0.15) is 10.4 Å². The van der Waals surface area contributed by atoms with Crippen molar-refractivity contribution < 1.29 is 19.3 Å². The van der Waals surface area contributed by atoms with Gasteiger partial charge in [0.1, 0.15) is 0 Å². The quantitative estimate of drug-likeness (QED) is 0.474. The van der Waals surface area contributed by atoms with Crippen molar-refractivity contribution in [2.45, 2.75) is 0 Å². The molecule has 8 heteroatoms. The Bertz CT molecular complexity index is 635. The van der Waals surface area contributed by atoms with Crippen LogP contribution in [0.2, 0.25) is 0 Å². The van der Waals surface area contributed by atoms with E-state index in [4.69, 9.17) is 0 Å². The average Bonchev–Trinajstić information content (AvgIpc) is 2.79. The fourth-order valence-corrected chi connectivity index (χ4v) is 1.80. The molecule has 8 nitrogen and oxygen atoms in total. The molecule has 3 amide bonds. The smallest absolute Gasteiger partial charge is 0.270 e. The third-order valence-electron chi connectivity index (χ3n) is 2.84. The van der Waals surface area contributed by atoms with Gasteiger partial charge < -0.3 is 5.32 Å². The summed E-state index contributed by atoms with van der Waals surface area (Å²) in [6, 6.07) is 5.29. The SMILES string of the molecule is O=C(NCCN1C(=O)C=CC1=O)c1cccc([N+](=O)[O-])c1. The van der Waals surface area contributed by atoms with Gasteiger partial charge >= 0.3 is 0 Å². The molecule has 0 spiro atoms. The van der Waals surface area contributed by atoms with Crippen LogP contribution in [0.15, 0.2) is 36.4 Å². The maximum absolute atomic E-state index is 11.8. The lowest BCUT2D eigenvalue weighted by Gasteiger charge is -2.13. The first-order chi connectivity index (χ1) is 9.99. The molecule has 0 saturated heterocycles. The van der Waals surface area contributed by atoms with E-state index in [9.17, 15) is 24.5 Å². The van der Waals surface area contributed by atoms with Crippen molar-refractivity contribution in [3.8, 4) is 0 Å². The van der Waals surface area contributed by atoms with E-state index in [1.54, 1.807) is 0 Å². The molecule has 0 radical (unpaired) electrons. The van der Waals surface area contributed by atoms with Gasteiger partial charge in [-0.1, -0.05) is 6.07 Å². The number of carbonyl (C=O) groups is 3. The Morgan fingerprint density at radius 3 is 2.52 bits per heavy atom. The molecule has 0 bridgehead atoms. The van der Waals surface area contributed by atoms with E-state index >= 15 is 0 Å². The van der Waals surface area contributed by atoms with Crippen molar-refractivity contribution in [1.82, 2.24) is 10.2 Å². The number of benzene rings is 1. The van der Waals surface area contributed by atoms with Crippen LogP contribution in [0, 0.1) is 10.1 Å². The summed E-state index contributed by atoms with van der Waals surface area (Å²) >= 11 is 0. The van der Waals surface area contributed by atoms with Gasteiger partial charge in [0.15, 0.2) is 0 Å². The molecule has 0 fully saturated rings. The van der Waals surface area contributed by atoms with Gasteiger partial charge in [-0.3, -0.25) is 29.4 Å². The molecule has 1 N–H and O–H groups in total. The summed E-state index contributed by atoms with van der Waals surface area (Å²) in [6.45, 7) is 0.117. The lowest BCUT2D eigenvalue weighted by atomic mass is 10.2. The van der Waals surface area contributed by atoms with E-state index in [2.05, 4.69) is 5.32 Å². The van der Waals surface area contributed by atoms with Crippen molar-refractivity contribution in [2.75, 3.05) is 13.1 Å². The summed E-state index contributed by atoms with van der Waals surface area (Å²) in [5.74, 6) is -1.36. The van der Waals surface area contributed by atoms with E-state index in [0.29, 0.717) is 0 Å². The lowest BCUT2D eigenvalue weighted by molar-refractivity contribution is -0.384. The highest BCUT2D eigenvalue weighted by molar-refractivity contribution is 6.12. The van der Waals surface area contributed by atoms with Crippen molar-refractivity contribution >= 4 is 23.4 Å². The Balaban J connectivity index is 1.90. The zero-order valence-electron chi connectivity index (χ0n) is 10.8. The molecule has 0 saturated carbocycles. The van der Waals surface area contributed by atoms with Crippen LogP contribution in [-0.2, 0) is 9.59 Å². The largest absolute Gasteiger partial charge is 0.350 e. The number of hydrogen-bond acceptors (Lipinski definition) is 5. The Hall–Kier alpha value is -3.03. The minimum Gasteiger partial charge on any atom is -0.350 e. The van der Waals surface area contributed by atoms with Crippen LogP contribution < -0.4 is 5.32 Å². The summed E-state index contributed by atoms with van der Waals surface area (Å²) in [4.78, 5) is 45.4. The number of amides is 3. The molecule has 1 aromatic rings. The monoisotopic (exact) mass is 289 g/mol. The molecule has 1 aliphatic rings. The Kier molecular flexibility index (Phi) is 4.07. The van der Waals surface area contributed by atoms with E-state index in [0.717, 1.165) is 23.1 Å². The van der Waals surface area contributed by atoms with E-state index in [1.165, 1.54) is 18.2 Å². The molecule has 108 valence electrons. The second-order valence-corrected chi connectivity index (χ2v) is 4.22. The third kappa shape index (κ3) is 3.30. The van der Waals surface area contributed by atoms with Crippen molar-refractivity contribution in [2.24, 2.45) is 0 Å². The zero-order valence-corrected chi connectivity index (χ0v) is 10.8. The maximum atomic E-state index is 11.8. The fourth-order valence-electron chi connectivity index (χ4n) is 1.80. The number of imide groups is 1.